The first-order valence-electron chi connectivity index (χ1n) is 7.75. The standard InChI is InChI=1S/C18H8S7/c1-5-3-19-9-7(5)21-13-11(9)23-17-15(13)25-16-14-12(24-18(16)17)10-8(22-14)6(2)4-20-10/h3-4H,1-2H3. The van der Waals surface area contributed by atoms with Crippen LogP contribution in [0, 0.1) is 13.8 Å². The quantitative estimate of drug-likeness (QED) is 0.216. The number of rotatable bonds is 0. The van der Waals surface area contributed by atoms with Gasteiger partial charge in [-0.05, 0) is 35.7 Å². The van der Waals surface area contributed by atoms with Crippen LogP contribution in [0.3, 0.4) is 0 Å². The van der Waals surface area contributed by atoms with Crippen LogP contribution in [-0.4, -0.2) is 0 Å². The van der Waals surface area contributed by atoms with Crippen molar-refractivity contribution in [3.63, 3.8) is 0 Å². The molecule has 7 aromatic heterocycles. The van der Waals surface area contributed by atoms with Crippen molar-refractivity contribution < 1.29 is 0 Å². The Morgan fingerprint density at radius 2 is 0.680 bits per heavy atom. The average Bonchev–Trinajstić information content (AvgIpc) is 3.35. The monoisotopic (exact) mass is 448 g/mol. The fourth-order valence-corrected chi connectivity index (χ4v) is 13.9. The molecule has 7 heteroatoms. The highest BCUT2D eigenvalue weighted by Crippen LogP contribution is 2.57. The zero-order chi connectivity index (χ0) is 16.4. The van der Waals surface area contributed by atoms with E-state index in [0.29, 0.717) is 0 Å². The van der Waals surface area contributed by atoms with Crippen LogP contribution in [0.2, 0.25) is 0 Å². The van der Waals surface area contributed by atoms with E-state index < -0.39 is 0 Å². The Morgan fingerprint density at radius 3 is 1.04 bits per heavy atom. The van der Waals surface area contributed by atoms with Crippen LogP contribution in [0.25, 0.3) is 56.4 Å². The summed E-state index contributed by atoms with van der Waals surface area (Å²) in [5.41, 5.74) is 2.88. The molecule has 7 rings (SSSR count). The smallest absolute Gasteiger partial charge is 0.0652 e. The van der Waals surface area contributed by atoms with Crippen molar-refractivity contribution >= 4 is 136 Å². The Morgan fingerprint density at radius 1 is 0.400 bits per heavy atom. The molecular weight excluding hydrogens is 441 g/mol. The third-order valence-electron chi connectivity index (χ3n) is 4.71. The molecule has 0 aromatic carbocycles. The number of aryl methyl sites for hydroxylation is 2. The van der Waals surface area contributed by atoms with Crippen molar-refractivity contribution in [2.24, 2.45) is 0 Å². The van der Waals surface area contributed by atoms with E-state index in [4.69, 9.17) is 0 Å². The first-order chi connectivity index (χ1) is 12.2. The molecule has 0 aliphatic heterocycles. The first-order valence-corrected chi connectivity index (χ1v) is 13.6. The van der Waals surface area contributed by atoms with Crippen LogP contribution in [0.1, 0.15) is 11.1 Å². The van der Waals surface area contributed by atoms with E-state index in [9.17, 15) is 0 Å². The minimum atomic E-state index is 1.44. The van der Waals surface area contributed by atoms with Gasteiger partial charge in [0.05, 0.1) is 56.4 Å². The Kier molecular flexibility index (Phi) is 2.70. The summed E-state index contributed by atoms with van der Waals surface area (Å²) in [5, 5.41) is 4.61. The molecule has 0 saturated carbocycles. The van der Waals surface area contributed by atoms with E-state index >= 15 is 0 Å². The minimum absolute atomic E-state index is 1.44. The molecule has 0 nitrogen and oxygen atoms in total. The summed E-state index contributed by atoms with van der Waals surface area (Å²) in [4.78, 5) is 0. The predicted molar refractivity (Wildman–Crippen MR) is 126 cm³/mol. The van der Waals surface area contributed by atoms with Gasteiger partial charge in [-0.1, -0.05) is 0 Å². The van der Waals surface area contributed by atoms with E-state index in [0.717, 1.165) is 0 Å². The highest BCUT2D eigenvalue weighted by molar-refractivity contribution is 7.51. The Labute approximate surface area is 170 Å². The largest absolute Gasteiger partial charge is 0.141 e. The highest BCUT2D eigenvalue weighted by atomic mass is 32.1. The topological polar surface area (TPSA) is 0 Å². The lowest BCUT2D eigenvalue weighted by atomic mass is 10.3. The van der Waals surface area contributed by atoms with Crippen molar-refractivity contribution in [2.45, 2.75) is 13.8 Å². The highest BCUT2D eigenvalue weighted by Gasteiger charge is 2.23. The first kappa shape index (κ1) is 14.5. The summed E-state index contributed by atoms with van der Waals surface area (Å²) in [6.07, 6.45) is 0. The van der Waals surface area contributed by atoms with Gasteiger partial charge in [0.15, 0.2) is 0 Å². The summed E-state index contributed by atoms with van der Waals surface area (Å²) >= 11 is 13.9. The van der Waals surface area contributed by atoms with Gasteiger partial charge in [0.25, 0.3) is 0 Å². The minimum Gasteiger partial charge on any atom is -0.141 e. The van der Waals surface area contributed by atoms with Gasteiger partial charge in [0.1, 0.15) is 0 Å². The van der Waals surface area contributed by atoms with Crippen LogP contribution >= 0.6 is 79.4 Å². The van der Waals surface area contributed by atoms with Gasteiger partial charge in [-0.15, -0.1) is 79.4 Å². The number of hydrogen-bond donors (Lipinski definition) is 0. The van der Waals surface area contributed by atoms with Gasteiger partial charge in [-0.2, -0.15) is 0 Å². The second kappa shape index (κ2) is 4.65. The van der Waals surface area contributed by atoms with E-state index in [1.54, 1.807) is 0 Å². The van der Waals surface area contributed by atoms with E-state index in [1.807, 2.05) is 79.4 Å². The van der Waals surface area contributed by atoms with E-state index in [2.05, 4.69) is 24.6 Å². The van der Waals surface area contributed by atoms with Crippen LogP contribution < -0.4 is 0 Å². The molecule has 0 aliphatic rings. The lowest BCUT2D eigenvalue weighted by Crippen LogP contribution is -1.54. The lowest BCUT2D eigenvalue weighted by molar-refractivity contribution is 1.62. The van der Waals surface area contributed by atoms with E-state index in [-0.39, 0.29) is 0 Å². The molecule has 7 heterocycles. The molecule has 25 heavy (non-hydrogen) atoms. The second-order valence-corrected chi connectivity index (χ2v) is 13.2. The zero-order valence-corrected chi connectivity index (χ0v) is 18.7. The number of thiophene rings is 7. The van der Waals surface area contributed by atoms with Crippen molar-refractivity contribution in [1.82, 2.24) is 0 Å². The van der Waals surface area contributed by atoms with Gasteiger partial charge in [0, 0.05) is 0 Å². The van der Waals surface area contributed by atoms with Crippen LogP contribution in [0.4, 0.5) is 0 Å². The fourth-order valence-electron chi connectivity index (χ4n) is 3.51. The molecular formula is C18H8S7. The molecule has 0 amide bonds. The molecule has 0 unspecified atom stereocenters. The maximum atomic E-state index is 2.31. The summed E-state index contributed by atoms with van der Waals surface area (Å²) in [6, 6.07) is 0. The maximum absolute atomic E-state index is 2.31. The second-order valence-electron chi connectivity index (χ2n) is 6.30. The van der Waals surface area contributed by atoms with Crippen LogP contribution in [-0.2, 0) is 0 Å². The van der Waals surface area contributed by atoms with Gasteiger partial charge < -0.3 is 0 Å². The molecule has 0 atom stereocenters. The predicted octanol–water partition coefficient (Wildman–Crippen LogP) is 9.65. The molecule has 7 aromatic rings. The van der Waals surface area contributed by atoms with Gasteiger partial charge in [-0.3, -0.25) is 0 Å². The fraction of sp³-hybridized carbons (Fsp3) is 0.111. The normalized spacial score (nSPS) is 13.2. The van der Waals surface area contributed by atoms with Gasteiger partial charge in [0.2, 0.25) is 0 Å². The summed E-state index contributed by atoms with van der Waals surface area (Å²) < 4.78 is 18.3. The van der Waals surface area contributed by atoms with E-state index in [1.165, 1.54) is 67.5 Å². The Balaban J connectivity index is 1.69. The van der Waals surface area contributed by atoms with Gasteiger partial charge >= 0.3 is 0 Å². The molecule has 0 aliphatic carbocycles. The molecule has 0 fully saturated rings. The third-order valence-corrected chi connectivity index (χ3v) is 14.7. The van der Waals surface area contributed by atoms with Crippen LogP contribution in [0.5, 0.6) is 0 Å². The molecule has 0 bridgehead atoms. The molecule has 0 saturated heterocycles. The van der Waals surface area contributed by atoms with Gasteiger partial charge in [-0.25, -0.2) is 0 Å². The maximum Gasteiger partial charge on any atom is 0.0652 e. The Bertz CT molecular complexity index is 1490. The molecule has 122 valence electrons. The Hall–Kier alpha value is -0.540. The number of hydrogen-bond acceptors (Lipinski definition) is 7. The zero-order valence-electron chi connectivity index (χ0n) is 13.0. The summed E-state index contributed by atoms with van der Waals surface area (Å²) in [6.45, 7) is 4.49. The number of fused-ring (bicyclic) bond motifs is 11. The SMILES string of the molecule is Cc1csc2c1sc1c2sc2c1sc1c3sc4c(C)csc4c3sc12. The summed E-state index contributed by atoms with van der Waals surface area (Å²) in [7, 11) is 0. The molecule has 0 radical (unpaired) electrons. The average molecular weight is 449 g/mol. The molecule has 0 spiro atoms. The van der Waals surface area contributed by atoms with Crippen molar-refractivity contribution in [3.05, 3.63) is 21.9 Å². The summed E-state index contributed by atoms with van der Waals surface area (Å²) in [5.74, 6) is 0. The van der Waals surface area contributed by atoms with Crippen molar-refractivity contribution in [3.8, 4) is 0 Å². The van der Waals surface area contributed by atoms with Crippen molar-refractivity contribution in [2.75, 3.05) is 0 Å². The van der Waals surface area contributed by atoms with Crippen molar-refractivity contribution in [1.29, 1.82) is 0 Å². The molecule has 0 N–H and O–H groups in total. The van der Waals surface area contributed by atoms with Crippen LogP contribution in [0.15, 0.2) is 10.8 Å². The third kappa shape index (κ3) is 1.63. The lowest BCUT2D eigenvalue weighted by Gasteiger charge is -1.81.